The van der Waals surface area contributed by atoms with Crippen LogP contribution in [-0.4, -0.2) is 46.3 Å². The van der Waals surface area contributed by atoms with Gasteiger partial charge in [-0.05, 0) is 43.3 Å². The predicted molar refractivity (Wildman–Crippen MR) is 108 cm³/mol. The SMILES string of the molecule is COc1ccc(C(=O)NNC(=O)CNC(=O)CNS(=O)(=O)c2ccc(C)cc2)cc1. The van der Waals surface area contributed by atoms with E-state index in [9.17, 15) is 22.8 Å². The van der Waals surface area contributed by atoms with Gasteiger partial charge in [0.25, 0.3) is 11.8 Å². The third-order valence-corrected chi connectivity index (χ3v) is 5.28. The third kappa shape index (κ3) is 6.87. The van der Waals surface area contributed by atoms with E-state index in [1.807, 2.05) is 6.92 Å². The van der Waals surface area contributed by atoms with Crippen LogP contribution >= 0.6 is 0 Å². The second kappa shape index (κ2) is 10.4. The molecule has 0 spiro atoms. The molecule has 0 radical (unpaired) electrons. The van der Waals surface area contributed by atoms with E-state index in [-0.39, 0.29) is 4.90 Å². The topological polar surface area (TPSA) is 143 Å². The van der Waals surface area contributed by atoms with Gasteiger partial charge in [0.05, 0.1) is 25.1 Å². The normalized spacial score (nSPS) is 10.7. The number of sulfonamides is 1. The third-order valence-electron chi connectivity index (χ3n) is 3.87. The first kappa shape index (κ1) is 22.8. The first-order valence-electron chi connectivity index (χ1n) is 8.77. The molecule has 0 saturated heterocycles. The number of carbonyl (C=O) groups excluding carboxylic acids is 3. The fraction of sp³-hybridized carbons (Fsp3) is 0.211. The number of nitrogens with one attached hydrogen (secondary N) is 4. The Kier molecular flexibility index (Phi) is 7.90. The Labute approximate surface area is 174 Å². The van der Waals surface area contributed by atoms with Crippen molar-refractivity contribution in [3.8, 4) is 5.75 Å². The van der Waals surface area contributed by atoms with Gasteiger partial charge in [-0.15, -0.1) is 0 Å². The molecule has 0 aromatic heterocycles. The summed E-state index contributed by atoms with van der Waals surface area (Å²) in [6.45, 7) is 0.831. The maximum atomic E-state index is 12.1. The molecule has 3 amide bonds. The highest BCUT2D eigenvalue weighted by molar-refractivity contribution is 7.89. The molecule has 0 atom stereocenters. The number of methoxy groups -OCH3 is 1. The first-order chi connectivity index (χ1) is 14.2. The number of hydrogen-bond donors (Lipinski definition) is 4. The predicted octanol–water partition coefficient (Wildman–Crippen LogP) is -0.141. The van der Waals surface area contributed by atoms with Crippen LogP contribution in [0.25, 0.3) is 0 Å². The van der Waals surface area contributed by atoms with Crippen LogP contribution in [0.5, 0.6) is 5.75 Å². The van der Waals surface area contributed by atoms with Gasteiger partial charge in [0.15, 0.2) is 0 Å². The van der Waals surface area contributed by atoms with Crippen molar-refractivity contribution >= 4 is 27.7 Å². The Morgan fingerprint density at radius 2 is 1.50 bits per heavy atom. The number of ether oxygens (including phenoxy) is 1. The fourth-order valence-electron chi connectivity index (χ4n) is 2.19. The van der Waals surface area contributed by atoms with Gasteiger partial charge in [0.1, 0.15) is 5.75 Å². The monoisotopic (exact) mass is 434 g/mol. The summed E-state index contributed by atoms with van der Waals surface area (Å²) >= 11 is 0. The quantitative estimate of drug-likeness (QED) is 0.426. The van der Waals surface area contributed by atoms with Crippen LogP contribution in [0.15, 0.2) is 53.4 Å². The molecule has 0 saturated carbocycles. The summed E-state index contributed by atoms with van der Waals surface area (Å²) in [7, 11) is -2.35. The summed E-state index contributed by atoms with van der Waals surface area (Å²) < 4.78 is 31.4. The maximum absolute atomic E-state index is 12.1. The second-order valence-electron chi connectivity index (χ2n) is 6.15. The molecule has 2 aromatic carbocycles. The van der Waals surface area contributed by atoms with Crippen LogP contribution in [-0.2, 0) is 19.6 Å². The number of aryl methyl sites for hydroxylation is 1. The van der Waals surface area contributed by atoms with E-state index >= 15 is 0 Å². The molecule has 0 aliphatic rings. The zero-order valence-electron chi connectivity index (χ0n) is 16.4. The molecule has 2 aromatic rings. The molecule has 4 N–H and O–H groups in total. The van der Waals surface area contributed by atoms with E-state index in [1.54, 1.807) is 24.3 Å². The summed E-state index contributed by atoms with van der Waals surface area (Å²) in [4.78, 5) is 35.5. The minimum atomic E-state index is -3.85. The molecule has 0 aliphatic carbocycles. The maximum Gasteiger partial charge on any atom is 0.269 e. The lowest BCUT2D eigenvalue weighted by molar-refractivity contribution is -0.125. The average molecular weight is 434 g/mol. The van der Waals surface area contributed by atoms with Crippen LogP contribution in [0.2, 0.25) is 0 Å². The molecule has 2 rings (SSSR count). The Morgan fingerprint density at radius 3 is 2.10 bits per heavy atom. The molecule has 30 heavy (non-hydrogen) atoms. The Bertz CT molecular complexity index is 1000. The lowest BCUT2D eigenvalue weighted by atomic mass is 10.2. The average Bonchev–Trinajstić information content (AvgIpc) is 2.75. The van der Waals surface area contributed by atoms with Crippen LogP contribution in [0.4, 0.5) is 0 Å². The highest BCUT2D eigenvalue weighted by atomic mass is 32.2. The molecule has 160 valence electrons. The van der Waals surface area contributed by atoms with E-state index in [0.29, 0.717) is 11.3 Å². The number of carbonyl (C=O) groups is 3. The van der Waals surface area contributed by atoms with Gasteiger partial charge in [-0.3, -0.25) is 25.2 Å². The Balaban J connectivity index is 1.72. The Morgan fingerprint density at radius 1 is 0.867 bits per heavy atom. The van der Waals surface area contributed by atoms with Crippen LogP contribution < -0.4 is 25.6 Å². The van der Waals surface area contributed by atoms with Crippen molar-refractivity contribution in [3.05, 3.63) is 59.7 Å². The molecular weight excluding hydrogens is 412 g/mol. The fourth-order valence-corrected chi connectivity index (χ4v) is 3.17. The molecule has 0 fully saturated rings. The first-order valence-corrected chi connectivity index (χ1v) is 10.3. The van der Waals surface area contributed by atoms with E-state index in [1.165, 1.54) is 31.4 Å². The van der Waals surface area contributed by atoms with Gasteiger partial charge in [0.2, 0.25) is 15.9 Å². The standard InChI is InChI=1S/C19H22N4O6S/c1-13-3-9-16(10-4-13)30(27,28)21-12-17(24)20-11-18(25)22-23-19(26)14-5-7-15(29-2)8-6-14/h3-10,21H,11-12H2,1-2H3,(H,20,24)(H,22,25)(H,23,26). The highest BCUT2D eigenvalue weighted by Crippen LogP contribution is 2.11. The van der Waals surface area contributed by atoms with E-state index in [2.05, 4.69) is 20.9 Å². The summed E-state index contributed by atoms with van der Waals surface area (Å²) in [5, 5.41) is 2.25. The van der Waals surface area contributed by atoms with Crippen molar-refractivity contribution in [2.45, 2.75) is 11.8 Å². The number of amides is 3. The van der Waals surface area contributed by atoms with Gasteiger partial charge in [-0.2, -0.15) is 0 Å². The smallest absolute Gasteiger partial charge is 0.269 e. The molecule has 10 nitrogen and oxygen atoms in total. The summed E-state index contributed by atoms with van der Waals surface area (Å²) in [5.74, 6) is -1.37. The van der Waals surface area contributed by atoms with Gasteiger partial charge < -0.3 is 10.1 Å². The van der Waals surface area contributed by atoms with Crippen molar-refractivity contribution in [2.75, 3.05) is 20.2 Å². The zero-order valence-corrected chi connectivity index (χ0v) is 17.2. The van der Waals surface area contributed by atoms with Crippen molar-refractivity contribution in [3.63, 3.8) is 0 Å². The molecule has 11 heteroatoms. The molecule has 0 heterocycles. The lowest BCUT2D eigenvalue weighted by Gasteiger charge is -2.10. The second-order valence-corrected chi connectivity index (χ2v) is 7.91. The van der Waals surface area contributed by atoms with Crippen molar-refractivity contribution in [1.82, 2.24) is 20.9 Å². The van der Waals surface area contributed by atoms with Crippen molar-refractivity contribution in [1.29, 1.82) is 0 Å². The summed E-state index contributed by atoms with van der Waals surface area (Å²) in [6.07, 6.45) is 0. The molecular formula is C19H22N4O6S. The number of hydrogen-bond acceptors (Lipinski definition) is 6. The van der Waals surface area contributed by atoms with Crippen LogP contribution in [0.1, 0.15) is 15.9 Å². The van der Waals surface area contributed by atoms with E-state index in [0.717, 1.165) is 5.56 Å². The summed E-state index contributed by atoms with van der Waals surface area (Å²) in [5.41, 5.74) is 5.54. The largest absolute Gasteiger partial charge is 0.497 e. The Hall–Kier alpha value is -3.44. The molecule has 0 aliphatic heterocycles. The van der Waals surface area contributed by atoms with Gasteiger partial charge in [-0.25, -0.2) is 13.1 Å². The summed E-state index contributed by atoms with van der Waals surface area (Å²) in [6, 6.07) is 12.3. The minimum Gasteiger partial charge on any atom is -0.497 e. The number of rotatable bonds is 8. The number of benzene rings is 2. The lowest BCUT2D eigenvalue weighted by Crippen LogP contribution is -2.47. The van der Waals surface area contributed by atoms with E-state index in [4.69, 9.17) is 4.74 Å². The van der Waals surface area contributed by atoms with Crippen LogP contribution in [0, 0.1) is 6.92 Å². The minimum absolute atomic E-state index is 0.0277. The number of hydrazine groups is 1. The van der Waals surface area contributed by atoms with Crippen molar-refractivity contribution < 1.29 is 27.5 Å². The van der Waals surface area contributed by atoms with Gasteiger partial charge in [-0.1, -0.05) is 17.7 Å². The highest BCUT2D eigenvalue weighted by Gasteiger charge is 2.15. The molecule has 0 bridgehead atoms. The zero-order chi connectivity index (χ0) is 22.1. The van der Waals surface area contributed by atoms with Gasteiger partial charge >= 0.3 is 0 Å². The molecule has 0 unspecified atom stereocenters. The van der Waals surface area contributed by atoms with E-state index < -0.39 is 40.8 Å². The van der Waals surface area contributed by atoms with Gasteiger partial charge in [0, 0.05) is 5.56 Å². The van der Waals surface area contributed by atoms with Crippen molar-refractivity contribution in [2.24, 2.45) is 0 Å². The van der Waals surface area contributed by atoms with Crippen LogP contribution in [0.3, 0.4) is 0 Å².